The Morgan fingerprint density at radius 3 is 2.83 bits per heavy atom. The summed E-state index contributed by atoms with van der Waals surface area (Å²) in [6.07, 6.45) is 1.58. The van der Waals surface area contributed by atoms with Crippen LogP contribution in [0, 0.1) is 5.92 Å². The van der Waals surface area contributed by atoms with Gasteiger partial charge >= 0.3 is 0 Å². The predicted octanol–water partition coefficient (Wildman–Crippen LogP) is 2.09. The van der Waals surface area contributed by atoms with E-state index in [1.165, 1.54) is 18.7 Å². The van der Waals surface area contributed by atoms with Gasteiger partial charge in [0.1, 0.15) is 6.33 Å². The minimum Gasteiger partial charge on any atom is -0.355 e. The highest BCUT2D eigenvalue weighted by Crippen LogP contribution is 2.21. The first-order chi connectivity index (χ1) is 11.5. The fraction of sp³-hybridized carbons (Fsp3) is 0.375. The molecule has 0 fully saturated rings. The number of nitrogens with zero attached hydrogens (tertiary/aromatic N) is 3. The van der Waals surface area contributed by atoms with E-state index in [0.717, 1.165) is 5.69 Å². The van der Waals surface area contributed by atoms with Crippen molar-refractivity contribution in [2.24, 2.45) is 5.92 Å². The van der Waals surface area contributed by atoms with E-state index in [4.69, 9.17) is 0 Å². The molecule has 2 rings (SSSR count). The molecule has 7 nitrogen and oxygen atoms in total. The number of hydrogen-bond donors (Lipinski definition) is 2. The zero-order valence-electron chi connectivity index (χ0n) is 13.9. The van der Waals surface area contributed by atoms with Crippen LogP contribution in [-0.2, 0) is 9.59 Å². The van der Waals surface area contributed by atoms with E-state index < -0.39 is 0 Å². The van der Waals surface area contributed by atoms with Crippen LogP contribution < -0.4 is 10.6 Å². The topological polar surface area (TPSA) is 88.9 Å². The summed E-state index contributed by atoms with van der Waals surface area (Å²) in [5.41, 5.74) is 1.51. The molecular formula is C16H21N5O2S. The molecule has 2 amide bonds. The molecule has 8 heteroatoms. The summed E-state index contributed by atoms with van der Waals surface area (Å²) < 4.78 is 1.78. The summed E-state index contributed by atoms with van der Waals surface area (Å²) in [5, 5.41) is 14.2. The van der Waals surface area contributed by atoms with Gasteiger partial charge in [0.05, 0.1) is 11.4 Å². The standard InChI is InChI=1S/C16H21N5O2S/c1-11(2)8-17-15(23)9-24-16-20-18-10-21(16)14-6-4-5-13(7-14)19-12(3)22/h4-7,10-11H,8-9H2,1-3H3,(H,17,23)(H,19,22). The van der Waals surface area contributed by atoms with Gasteiger partial charge in [-0.3, -0.25) is 14.2 Å². The fourth-order valence-corrected chi connectivity index (χ4v) is 2.69. The molecule has 0 radical (unpaired) electrons. The lowest BCUT2D eigenvalue weighted by molar-refractivity contribution is -0.118. The van der Waals surface area contributed by atoms with Crippen LogP contribution in [0.4, 0.5) is 5.69 Å². The summed E-state index contributed by atoms with van der Waals surface area (Å²) in [4.78, 5) is 23.0. The van der Waals surface area contributed by atoms with Gasteiger partial charge in [-0.25, -0.2) is 0 Å². The molecule has 24 heavy (non-hydrogen) atoms. The van der Waals surface area contributed by atoms with Crippen LogP contribution in [0.2, 0.25) is 0 Å². The molecule has 0 atom stereocenters. The van der Waals surface area contributed by atoms with Crippen molar-refractivity contribution in [3.05, 3.63) is 30.6 Å². The SMILES string of the molecule is CC(=O)Nc1cccc(-n2cnnc2SCC(=O)NCC(C)C)c1. The van der Waals surface area contributed by atoms with E-state index in [2.05, 4.69) is 20.8 Å². The van der Waals surface area contributed by atoms with Crippen LogP contribution in [0.1, 0.15) is 20.8 Å². The van der Waals surface area contributed by atoms with Gasteiger partial charge in [0.15, 0.2) is 5.16 Å². The van der Waals surface area contributed by atoms with E-state index in [1.807, 2.05) is 32.0 Å². The van der Waals surface area contributed by atoms with Crippen molar-refractivity contribution in [3.63, 3.8) is 0 Å². The molecule has 0 saturated heterocycles. The van der Waals surface area contributed by atoms with Crippen molar-refractivity contribution in [3.8, 4) is 5.69 Å². The van der Waals surface area contributed by atoms with Gasteiger partial charge in [-0.1, -0.05) is 31.7 Å². The Morgan fingerprint density at radius 2 is 2.12 bits per heavy atom. The van der Waals surface area contributed by atoms with E-state index in [0.29, 0.717) is 23.3 Å². The highest BCUT2D eigenvalue weighted by molar-refractivity contribution is 7.99. The molecule has 2 N–H and O–H groups in total. The lowest BCUT2D eigenvalue weighted by atomic mass is 10.2. The molecular weight excluding hydrogens is 326 g/mol. The summed E-state index contributed by atoms with van der Waals surface area (Å²) >= 11 is 1.32. The number of benzene rings is 1. The third kappa shape index (κ3) is 5.38. The zero-order chi connectivity index (χ0) is 17.5. The van der Waals surface area contributed by atoms with Gasteiger partial charge in [0.25, 0.3) is 0 Å². The molecule has 0 aliphatic heterocycles. The van der Waals surface area contributed by atoms with Crippen molar-refractivity contribution < 1.29 is 9.59 Å². The highest BCUT2D eigenvalue weighted by Gasteiger charge is 2.11. The Bertz CT molecular complexity index is 714. The Balaban J connectivity index is 2.05. The molecule has 1 aromatic carbocycles. The number of aromatic nitrogens is 3. The number of hydrogen-bond acceptors (Lipinski definition) is 5. The first-order valence-electron chi connectivity index (χ1n) is 7.63. The van der Waals surface area contributed by atoms with Crippen LogP contribution in [0.3, 0.4) is 0 Å². The minimum atomic E-state index is -0.132. The predicted molar refractivity (Wildman–Crippen MR) is 94.2 cm³/mol. The zero-order valence-corrected chi connectivity index (χ0v) is 14.8. The highest BCUT2D eigenvalue weighted by atomic mass is 32.2. The summed E-state index contributed by atoms with van der Waals surface area (Å²) in [7, 11) is 0. The fourth-order valence-electron chi connectivity index (χ4n) is 1.94. The quantitative estimate of drug-likeness (QED) is 0.749. The molecule has 2 aromatic rings. The van der Waals surface area contributed by atoms with E-state index >= 15 is 0 Å². The number of thioether (sulfide) groups is 1. The second kappa shape index (κ2) is 8.49. The Labute approximate surface area is 145 Å². The second-order valence-corrected chi connectivity index (χ2v) is 6.64. The Kier molecular flexibility index (Phi) is 6.36. The average Bonchev–Trinajstić information content (AvgIpc) is 2.99. The number of rotatable bonds is 7. The van der Waals surface area contributed by atoms with E-state index in [1.54, 1.807) is 17.0 Å². The number of carbonyl (C=O) groups excluding carboxylic acids is 2. The third-order valence-corrected chi connectivity index (χ3v) is 3.94. The third-order valence-electron chi connectivity index (χ3n) is 3.00. The van der Waals surface area contributed by atoms with E-state index in [9.17, 15) is 9.59 Å². The van der Waals surface area contributed by atoms with Crippen molar-refractivity contribution >= 4 is 29.3 Å². The number of nitrogens with one attached hydrogen (secondary N) is 2. The second-order valence-electron chi connectivity index (χ2n) is 5.70. The van der Waals surface area contributed by atoms with Crippen LogP contribution in [0.5, 0.6) is 0 Å². The molecule has 0 aliphatic rings. The van der Waals surface area contributed by atoms with Crippen LogP contribution in [0.25, 0.3) is 5.69 Å². The van der Waals surface area contributed by atoms with Gasteiger partial charge in [0.2, 0.25) is 11.8 Å². The normalized spacial score (nSPS) is 10.7. The summed E-state index contributed by atoms with van der Waals surface area (Å²) in [6, 6.07) is 7.36. The van der Waals surface area contributed by atoms with Crippen LogP contribution >= 0.6 is 11.8 Å². The lowest BCUT2D eigenvalue weighted by Gasteiger charge is -2.09. The maximum absolute atomic E-state index is 11.8. The molecule has 1 heterocycles. The molecule has 0 spiro atoms. The molecule has 128 valence electrons. The smallest absolute Gasteiger partial charge is 0.230 e. The molecule has 0 unspecified atom stereocenters. The maximum atomic E-state index is 11.8. The minimum absolute atomic E-state index is 0.0322. The van der Waals surface area contributed by atoms with E-state index in [-0.39, 0.29) is 17.6 Å². The van der Waals surface area contributed by atoms with Gasteiger partial charge in [0, 0.05) is 19.2 Å². The average molecular weight is 347 g/mol. The monoisotopic (exact) mass is 347 g/mol. The number of anilines is 1. The first kappa shape index (κ1) is 18.0. The maximum Gasteiger partial charge on any atom is 0.230 e. The number of carbonyl (C=O) groups is 2. The van der Waals surface area contributed by atoms with Crippen molar-refractivity contribution in [2.75, 3.05) is 17.6 Å². The van der Waals surface area contributed by atoms with Crippen molar-refractivity contribution in [1.82, 2.24) is 20.1 Å². The van der Waals surface area contributed by atoms with Crippen LogP contribution in [-0.4, -0.2) is 38.9 Å². The summed E-state index contributed by atoms with van der Waals surface area (Å²) in [6.45, 7) is 6.21. The Morgan fingerprint density at radius 1 is 1.33 bits per heavy atom. The lowest BCUT2D eigenvalue weighted by Crippen LogP contribution is -2.28. The van der Waals surface area contributed by atoms with Gasteiger partial charge in [-0.2, -0.15) is 0 Å². The molecule has 0 bridgehead atoms. The van der Waals surface area contributed by atoms with Crippen LogP contribution in [0.15, 0.2) is 35.7 Å². The van der Waals surface area contributed by atoms with Gasteiger partial charge < -0.3 is 10.6 Å². The van der Waals surface area contributed by atoms with Gasteiger partial charge in [-0.15, -0.1) is 10.2 Å². The summed E-state index contributed by atoms with van der Waals surface area (Å²) in [5.74, 6) is 0.526. The molecule has 0 aliphatic carbocycles. The van der Waals surface area contributed by atoms with Crippen molar-refractivity contribution in [2.45, 2.75) is 25.9 Å². The first-order valence-corrected chi connectivity index (χ1v) is 8.62. The van der Waals surface area contributed by atoms with Crippen molar-refractivity contribution in [1.29, 1.82) is 0 Å². The Hall–Kier alpha value is -2.35. The molecule has 0 saturated carbocycles. The largest absolute Gasteiger partial charge is 0.355 e. The number of amides is 2. The molecule has 1 aromatic heterocycles. The van der Waals surface area contributed by atoms with Gasteiger partial charge in [-0.05, 0) is 24.1 Å².